The van der Waals surface area contributed by atoms with E-state index in [0.29, 0.717) is 18.9 Å². The van der Waals surface area contributed by atoms with Crippen LogP contribution >= 0.6 is 0 Å². The minimum absolute atomic E-state index is 0.0344. The zero-order chi connectivity index (χ0) is 24.6. The summed E-state index contributed by atoms with van der Waals surface area (Å²) in [5.74, 6) is 0.106. The van der Waals surface area contributed by atoms with Gasteiger partial charge in [0.25, 0.3) is 5.91 Å². The molecule has 1 saturated heterocycles. The van der Waals surface area contributed by atoms with Gasteiger partial charge in [0.15, 0.2) is 5.65 Å². The van der Waals surface area contributed by atoms with Crippen LogP contribution in [-0.4, -0.2) is 66.6 Å². The van der Waals surface area contributed by atoms with Crippen molar-refractivity contribution in [2.45, 2.75) is 45.1 Å². The van der Waals surface area contributed by atoms with Crippen LogP contribution in [0, 0.1) is 6.92 Å². The maximum atomic E-state index is 12.8. The number of fused-ring (bicyclic) bond motifs is 1. The fourth-order valence-electron chi connectivity index (χ4n) is 4.98. The van der Waals surface area contributed by atoms with Crippen LogP contribution in [0.3, 0.4) is 0 Å². The third-order valence-corrected chi connectivity index (χ3v) is 7.22. The first-order valence-electron chi connectivity index (χ1n) is 12.0. The number of nitrogens with one attached hydrogen (secondary N) is 1. The van der Waals surface area contributed by atoms with E-state index < -0.39 is 15.9 Å². The molecule has 3 aromatic heterocycles. The zero-order valence-electron chi connectivity index (χ0n) is 20.0. The van der Waals surface area contributed by atoms with Gasteiger partial charge in [0.1, 0.15) is 11.5 Å². The number of aryl methyl sites for hydroxylation is 1. The van der Waals surface area contributed by atoms with Crippen LogP contribution in [0.25, 0.3) is 22.2 Å². The van der Waals surface area contributed by atoms with Crippen molar-refractivity contribution in [3.63, 3.8) is 0 Å². The number of anilines is 1. The second kappa shape index (κ2) is 9.54. The van der Waals surface area contributed by atoms with Crippen LogP contribution < -0.4 is 9.62 Å². The van der Waals surface area contributed by atoms with E-state index in [9.17, 15) is 13.2 Å². The molecule has 3 aromatic rings. The molecule has 0 aromatic carbocycles. The highest BCUT2D eigenvalue weighted by molar-refractivity contribution is 7.89. The standard InChI is InChI=1S/C24H30N6O4S/c1-16-22-19(17-8-9-21(25-15-17)29-10-12-34-13-11-29)14-20(24(31)28-35(2,32)33)26-23(22)30(27-16)18-6-4-3-5-7-18/h8-9,14-15,18H,3-7,10-13H2,1-2H3,(H,28,31). The number of carbonyl (C=O) groups is 1. The molecular weight excluding hydrogens is 468 g/mol. The predicted molar refractivity (Wildman–Crippen MR) is 133 cm³/mol. The molecule has 1 N–H and O–H groups in total. The fourth-order valence-corrected chi connectivity index (χ4v) is 5.42. The van der Waals surface area contributed by atoms with Crippen molar-refractivity contribution in [3.8, 4) is 11.1 Å². The van der Waals surface area contributed by atoms with Gasteiger partial charge >= 0.3 is 0 Å². The molecule has 5 rings (SSSR count). The topological polar surface area (TPSA) is 119 Å². The Hall–Kier alpha value is -3.05. The molecule has 0 bridgehead atoms. The number of morpholine rings is 1. The lowest BCUT2D eigenvalue weighted by molar-refractivity contribution is 0.0977. The van der Waals surface area contributed by atoms with E-state index in [4.69, 9.17) is 9.84 Å². The lowest BCUT2D eigenvalue weighted by Gasteiger charge is -2.27. The van der Waals surface area contributed by atoms with Crippen LogP contribution in [0.15, 0.2) is 24.4 Å². The smallest absolute Gasteiger partial charge is 0.283 e. The van der Waals surface area contributed by atoms with Crippen molar-refractivity contribution in [2.75, 3.05) is 37.5 Å². The number of aromatic nitrogens is 4. The highest BCUT2D eigenvalue weighted by Crippen LogP contribution is 2.36. The van der Waals surface area contributed by atoms with Gasteiger partial charge in [-0.2, -0.15) is 5.10 Å². The molecule has 35 heavy (non-hydrogen) atoms. The number of pyridine rings is 2. The van der Waals surface area contributed by atoms with Crippen LogP contribution in [-0.2, 0) is 14.8 Å². The van der Waals surface area contributed by atoms with Gasteiger partial charge in [-0.3, -0.25) is 4.79 Å². The third-order valence-electron chi connectivity index (χ3n) is 6.66. The Bertz CT molecular complexity index is 1340. The molecule has 10 nitrogen and oxygen atoms in total. The minimum Gasteiger partial charge on any atom is -0.378 e. The Morgan fingerprint density at radius 2 is 1.89 bits per heavy atom. The number of carbonyl (C=O) groups excluding carboxylic acids is 1. The van der Waals surface area contributed by atoms with Crippen LogP contribution in [0.5, 0.6) is 0 Å². The van der Waals surface area contributed by atoms with Crippen molar-refractivity contribution in [2.24, 2.45) is 0 Å². The predicted octanol–water partition coefficient (Wildman–Crippen LogP) is 2.83. The summed E-state index contributed by atoms with van der Waals surface area (Å²) in [6.07, 6.45) is 8.20. The molecule has 0 radical (unpaired) electrons. The first-order chi connectivity index (χ1) is 16.8. The van der Waals surface area contributed by atoms with E-state index in [1.807, 2.05) is 28.5 Å². The first kappa shape index (κ1) is 23.7. The number of hydrogen-bond donors (Lipinski definition) is 1. The summed E-state index contributed by atoms with van der Waals surface area (Å²) in [6.45, 7) is 4.86. The van der Waals surface area contributed by atoms with Gasteiger partial charge in [-0.05, 0) is 43.5 Å². The van der Waals surface area contributed by atoms with Crippen molar-refractivity contribution in [1.82, 2.24) is 24.5 Å². The summed E-state index contributed by atoms with van der Waals surface area (Å²) in [5.41, 5.74) is 3.03. The quantitative estimate of drug-likeness (QED) is 0.570. The number of amides is 1. The molecular formula is C24H30N6O4S. The molecule has 11 heteroatoms. The lowest BCUT2D eigenvalue weighted by atomic mass is 9.95. The highest BCUT2D eigenvalue weighted by atomic mass is 32.2. The second-order valence-corrected chi connectivity index (χ2v) is 11.0. The van der Waals surface area contributed by atoms with Gasteiger partial charge in [0.2, 0.25) is 10.0 Å². The molecule has 4 heterocycles. The maximum absolute atomic E-state index is 12.8. The lowest BCUT2D eigenvalue weighted by Crippen LogP contribution is -2.36. The van der Waals surface area contributed by atoms with E-state index in [1.54, 1.807) is 12.3 Å². The molecule has 1 saturated carbocycles. The monoisotopic (exact) mass is 498 g/mol. The first-order valence-corrected chi connectivity index (χ1v) is 13.9. The van der Waals surface area contributed by atoms with Gasteiger partial charge < -0.3 is 9.64 Å². The Labute approximate surface area is 204 Å². The summed E-state index contributed by atoms with van der Waals surface area (Å²) >= 11 is 0. The van der Waals surface area contributed by atoms with Gasteiger partial charge in [-0.25, -0.2) is 27.8 Å². The molecule has 0 spiro atoms. The molecule has 0 unspecified atom stereocenters. The summed E-state index contributed by atoms with van der Waals surface area (Å²) in [6, 6.07) is 5.77. The number of rotatable bonds is 5. The average Bonchev–Trinajstić information content (AvgIpc) is 3.20. The molecule has 1 aliphatic carbocycles. The van der Waals surface area contributed by atoms with Crippen molar-refractivity contribution < 1.29 is 17.9 Å². The Morgan fingerprint density at radius 3 is 2.54 bits per heavy atom. The number of hydrogen-bond acceptors (Lipinski definition) is 8. The summed E-state index contributed by atoms with van der Waals surface area (Å²) in [7, 11) is -3.74. The highest BCUT2D eigenvalue weighted by Gasteiger charge is 2.25. The van der Waals surface area contributed by atoms with Crippen LogP contribution in [0.1, 0.15) is 54.3 Å². The number of nitrogens with zero attached hydrogens (tertiary/aromatic N) is 5. The van der Waals surface area contributed by atoms with E-state index in [-0.39, 0.29) is 11.7 Å². The van der Waals surface area contributed by atoms with Crippen molar-refractivity contribution >= 4 is 32.8 Å². The molecule has 186 valence electrons. The average molecular weight is 499 g/mol. The minimum atomic E-state index is -3.74. The molecule has 2 aliphatic rings. The van der Waals surface area contributed by atoms with Gasteiger partial charge in [0, 0.05) is 30.2 Å². The maximum Gasteiger partial charge on any atom is 0.283 e. The normalized spacial score (nSPS) is 17.6. The summed E-state index contributed by atoms with van der Waals surface area (Å²) < 4.78 is 32.9. The van der Waals surface area contributed by atoms with E-state index >= 15 is 0 Å². The van der Waals surface area contributed by atoms with Gasteiger partial charge in [-0.1, -0.05) is 19.3 Å². The summed E-state index contributed by atoms with van der Waals surface area (Å²) in [4.78, 5) is 24.3. The van der Waals surface area contributed by atoms with E-state index in [1.165, 1.54) is 6.42 Å². The number of sulfonamides is 1. The Balaban J connectivity index is 1.62. The van der Waals surface area contributed by atoms with Crippen LogP contribution in [0.2, 0.25) is 0 Å². The summed E-state index contributed by atoms with van der Waals surface area (Å²) in [5, 5.41) is 5.68. The van der Waals surface area contributed by atoms with E-state index in [2.05, 4.69) is 14.9 Å². The van der Waals surface area contributed by atoms with Gasteiger partial charge in [0.05, 0.1) is 31.2 Å². The van der Waals surface area contributed by atoms with E-state index in [0.717, 1.165) is 73.1 Å². The zero-order valence-corrected chi connectivity index (χ0v) is 20.8. The number of ether oxygens (including phenoxy) is 1. The SMILES string of the molecule is Cc1nn(C2CCCCC2)c2nc(C(=O)NS(C)(=O)=O)cc(-c3ccc(N4CCOCC4)nc3)c12. The molecule has 0 atom stereocenters. The third kappa shape index (κ3) is 5.01. The van der Waals surface area contributed by atoms with Crippen molar-refractivity contribution in [3.05, 3.63) is 35.8 Å². The van der Waals surface area contributed by atoms with Gasteiger partial charge in [-0.15, -0.1) is 0 Å². The second-order valence-electron chi connectivity index (χ2n) is 9.28. The fraction of sp³-hybridized carbons (Fsp3) is 0.500. The molecule has 2 fully saturated rings. The largest absolute Gasteiger partial charge is 0.378 e. The molecule has 1 aliphatic heterocycles. The van der Waals surface area contributed by atoms with Crippen LogP contribution in [0.4, 0.5) is 5.82 Å². The Morgan fingerprint density at radius 1 is 1.14 bits per heavy atom. The molecule has 1 amide bonds. The Kier molecular flexibility index (Phi) is 6.45. The van der Waals surface area contributed by atoms with Crippen molar-refractivity contribution in [1.29, 1.82) is 0 Å².